The Bertz CT molecular complexity index is 342. The standard InChI is InChI=1S/C12H16N2O/c1-12(10-13)3-5-14(6-4-12)8-11-2-7-15-9-11/h2,7,9H,3-6,8H2,1H3. The van der Waals surface area contributed by atoms with E-state index in [0.29, 0.717) is 0 Å². The van der Waals surface area contributed by atoms with E-state index < -0.39 is 0 Å². The average molecular weight is 204 g/mol. The van der Waals surface area contributed by atoms with Gasteiger partial charge in [0.25, 0.3) is 0 Å². The van der Waals surface area contributed by atoms with Gasteiger partial charge in [0.1, 0.15) is 0 Å². The number of rotatable bonds is 2. The molecular weight excluding hydrogens is 188 g/mol. The van der Waals surface area contributed by atoms with Crippen LogP contribution in [0.25, 0.3) is 0 Å². The molecule has 3 nitrogen and oxygen atoms in total. The maximum Gasteiger partial charge on any atom is 0.0947 e. The lowest BCUT2D eigenvalue weighted by molar-refractivity contribution is 0.150. The van der Waals surface area contributed by atoms with Crippen LogP contribution in [0.4, 0.5) is 0 Å². The van der Waals surface area contributed by atoms with Gasteiger partial charge in [-0.3, -0.25) is 4.90 Å². The third-order valence-corrected chi connectivity index (χ3v) is 3.22. The zero-order chi connectivity index (χ0) is 10.7. The molecule has 1 aromatic rings. The summed E-state index contributed by atoms with van der Waals surface area (Å²) in [5.41, 5.74) is 1.11. The number of nitriles is 1. The minimum absolute atomic E-state index is 0.104. The molecule has 3 heteroatoms. The van der Waals surface area contributed by atoms with Gasteiger partial charge in [0.2, 0.25) is 0 Å². The van der Waals surface area contributed by atoms with Crippen molar-refractivity contribution >= 4 is 0 Å². The van der Waals surface area contributed by atoms with Crippen LogP contribution >= 0.6 is 0 Å². The summed E-state index contributed by atoms with van der Waals surface area (Å²) in [6.45, 7) is 5.02. The van der Waals surface area contributed by atoms with Gasteiger partial charge in [0.15, 0.2) is 0 Å². The molecule has 2 rings (SSSR count). The summed E-state index contributed by atoms with van der Waals surface area (Å²) in [7, 11) is 0. The fraction of sp³-hybridized carbons (Fsp3) is 0.583. The summed E-state index contributed by atoms with van der Waals surface area (Å²) in [4.78, 5) is 2.38. The van der Waals surface area contributed by atoms with Crippen molar-refractivity contribution in [1.29, 1.82) is 5.26 Å². The quantitative estimate of drug-likeness (QED) is 0.742. The second-order valence-corrected chi connectivity index (χ2v) is 4.58. The third kappa shape index (κ3) is 2.40. The average Bonchev–Trinajstić information content (AvgIpc) is 2.75. The van der Waals surface area contributed by atoms with Crippen LogP contribution in [-0.4, -0.2) is 18.0 Å². The first-order chi connectivity index (χ1) is 7.22. The molecule has 0 bridgehead atoms. The Balaban J connectivity index is 1.87. The lowest BCUT2D eigenvalue weighted by Gasteiger charge is -2.34. The zero-order valence-electron chi connectivity index (χ0n) is 9.07. The summed E-state index contributed by atoms with van der Waals surface area (Å²) in [6, 6.07) is 4.41. The van der Waals surface area contributed by atoms with Crippen LogP contribution in [-0.2, 0) is 6.54 Å². The maximum absolute atomic E-state index is 9.01. The first kappa shape index (κ1) is 10.3. The van der Waals surface area contributed by atoms with Crippen LogP contribution in [0.15, 0.2) is 23.0 Å². The van der Waals surface area contributed by atoms with Crippen LogP contribution in [0, 0.1) is 16.7 Å². The monoisotopic (exact) mass is 204 g/mol. The Kier molecular flexibility index (Phi) is 2.79. The summed E-state index contributed by atoms with van der Waals surface area (Å²) in [5.74, 6) is 0. The van der Waals surface area contributed by atoms with Gasteiger partial charge in [0, 0.05) is 12.1 Å². The molecule has 1 aromatic heterocycles. The number of nitrogens with zero attached hydrogens (tertiary/aromatic N) is 2. The van der Waals surface area contributed by atoms with E-state index in [1.807, 2.05) is 6.07 Å². The largest absolute Gasteiger partial charge is 0.472 e. The van der Waals surface area contributed by atoms with Crippen LogP contribution in [0.5, 0.6) is 0 Å². The van der Waals surface area contributed by atoms with Crippen molar-refractivity contribution in [1.82, 2.24) is 4.90 Å². The summed E-state index contributed by atoms with van der Waals surface area (Å²) >= 11 is 0. The van der Waals surface area contributed by atoms with E-state index in [1.54, 1.807) is 12.5 Å². The highest BCUT2D eigenvalue weighted by atomic mass is 16.3. The molecule has 1 aliphatic rings. The fourth-order valence-electron chi connectivity index (χ4n) is 1.96. The Labute approximate surface area is 90.3 Å². The number of furan rings is 1. The van der Waals surface area contributed by atoms with Gasteiger partial charge in [-0.05, 0) is 38.9 Å². The molecule has 0 atom stereocenters. The molecule has 0 N–H and O–H groups in total. The van der Waals surface area contributed by atoms with E-state index in [4.69, 9.17) is 9.68 Å². The molecule has 15 heavy (non-hydrogen) atoms. The number of piperidine rings is 1. The minimum atomic E-state index is -0.104. The first-order valence-corrected chi connectivity index (χ1v) is 5.37. The Morgan fingerprint density at radius 1 is 1.53 bits per heavy atom. The summed E-state index contributed by atoms with van der Waals surface area (Å²) in [5, 5.41) is 9.01. The number of hydrogen-bond donors (Lipinski definition) is 0. The van der Waals surface area contributed by atoms with Crippen molar-refractivity contribution in [3.8, 4) is 6.07 Å². The van der Waals surface area contributed by atoms with Crippen molar-refractivity contribution in [2.45, 2.75) is 26.3 Å². The van der Waals surface area contributed by atoms with Crippen molar-refractivity contribution < 1.29 is 4.42 Å². The molecule has 1 aliphatic heterocycles. The predicted molar refractivity (Wildman–Crippen MR) is 56.9 cm³/mol. The van der Waals surface area contributed by atoms with Gasteiger partial charge in [-0.1, -0.05) is 0 Å². The van der Waals surface area contributed by atoms with Crippen LogP contribution in [0.3, 0.4) is 0 Å². The second kappa shape index (κ2) is 4.08. The maximum atomic E-state index is 9.01. The summed E-state index contributed by atoms with van der Waals surface area (Å²) in [6.07, 6.45) is 5.44. The lowest BCUT2D eigenvalue weighted by atomic mass is 9.82. The molecule has 2 heterocycles. The van der Waals surface area contributed by atoms with Gasteiger partial charge in [-0.2, -0.15) is 5.26 Å². The van der Waals surface area contributed by atoms with Crippen molar-refractivity contribution in [3.05, 3.63) is 24.2 Å². The SMILES string of the molecule is CC1(C#N)CCN(Cc2ccoc2)CC1. The van der Waals surface area contributed by atoms with Crippen LogP contribution in [0.2, 0.25) is 0 Å². The predicted octanol–water partition coefficient (Wildman–Crippen LogP) is 2.41. The molecule has 1 fully saturated rings. The molecule has 0 saturated carbocycles. The molecule has 1 saturated heterocycles. The molecular formula is C12H16N2O. The van der Waals surface area contributed by atoms with Crippen LogP contribution in [0.1, 0.15) is 25.3 Å². The number of likely N-dealkylation sites (tertiary alicyclic amines) is 1. The van der Waals surface area contributed by atoms with Gasteiger partial charge in [-0.25, -0.2) is 0 Å². The van der Waals surface area contributed by atoms with Crippen molar-refractivity contribution in [3.63, 3.8) is 0 Å². The Morgan fingerprint density at radius 2 is 2.27 bits per heavy atom. The number of hydrogen-bond acceptors (Lipinski definition) is 3. The van der Waals surface area contributed by atoms with E-state index in [9.17, 15) is 0 Å². The molecule has 0 aliphatic carbocycles. The second-order valence-electron chi connectivity index (χ2n) is 4.58. The Hall–Kier alpha value is -1.27. The fourth-order valence-corrected chi connectivity index (χ4v) is 1.96. The van der Waals surface area contributed by atoms with Gasteiger partial charge >= 0.3 is 0 Å². The molecule has 0 aromatic carbocycles. The van der Waals surface area contributed by atoms with Crippen LogP contribution < -0.4 is 0 Å². The normalized spacial score (nSPS) is 21.1. The van der Waals surface area contributed by atoms with E-state index in [-0.39, 0.29) is 5.41 Å². The van der Waals surface area contributed by atoms with E-state index >= 15 is 0 Å². The highest BCUT2D eigenvalue weighted by Gasteiger charge is 2.29. The third-order valence-electron chi connectivity index (χ3n) is 3.22. The highest BCUT2D eigenvalue weighted by molar-refractivity contribution is 5.06. The first-order valence-electron chi connectivity index (χ1n) is 5.37. The van der Waals surface area contributed by atoms with Gasteiger partial charge in [-0.15, -0.1) is 0 Å². The van der Waals surface area contributed by atoms with E-state index in [2.05, 4.69) is 17.9 Å². The topological polar surface area (TPSA) is 40.2 Å². The zero-order valence-corrected chi connectivity index (χ0v) is 9.07. The van der Waals surface area contributed by atoms with Crippen molar-refractivity contribution in [2.75, 3.05) is 13.1 Å². The smallest absolute Gasteiger partial charge is 0.0947 e. The van der Waals surface area contributed by atoms with E-state index in [1.165, 1.54) is 5.56 Å². The summed E-state index contributed by atoms with van der Waals surface area (Å²) < 4.78 is 5.04. The van der Waals surface area contributed by atoms with E-state index in [0.717, 1.165) is 32.5 Å². The minimum Gasteiger partial charge on any atom is -0.472 e. The molecule has 0 radical (unpaired) electrons. The molecule has 80 valence electrons. The highest BCUT2D eigenvalue weighted by Crippen LogP contribution is 2.30. The van der Waals surface area contributed by atoms with Gasteiger partial charge < -0.3 is 4.42 Å². The van der Waals surface area contributed by atoms with Crippen molar-refractivity contribution in [2.24, 2.45) is 5.41 Å². The molecule has 0 spiro atoms. The lowest BCUT2D eigenvalue weighted by Crippen LogP contribution is -2.37. The Morgan fingerprint density at radius 3 is 2.80 bits per heavy atom. The van der Waals surface area contributed by atoms with Gasteiger partial charge in [0.05, 0.1) is 24.0 Å². The molecule has 0 unspecified atom stereocenters. The molecule has 0 amide bonds.